The molecule has 1 aliphatic rings. The second kappa shape index (κ2) is 9.38. The predicted octanol–water partition coefficient (Wildman–Crippen LogP) is 3.33. The SMILES string of the molecule is COC(=O)C1=C(c2ccccc2)NC(=O)NC1c1cc(OC)c(OC(C)C)c([N+](=O)[O-])c1. The Labute approximate surface area is 184 Å². The predicted molar refractivity (Wildman–Crippen MR) is 115 cm³/mol. The van der Waals surface area contributed by atoms with Gasteiger partial charge in [0, 0.05) is 6.07 Å². The van der Waals surface area contributed by atoms with Gasteiger partial charge in [0.05, 0.1) is 42.6 Å². The summed E-state index contributed by atoms with van der Waals surface area (Å²) in [5.41, 5.74) is 0.816. The topological polar surface area (TPSA) is 129 Å². The Bertz CT molecular complexity index is 1080. The number of nitrogens with one attached hydrogen (secondary N) is 2. The molecule has 0 saturated carbocycles. The largest absolute Gasteiger partial charge is 0.493 e. The van der Waals surface area contributed by atoms with Crippen LogP contribution in [0.4, 0.5) is 10.5 Å². The molecule has 0 radical (unpaired) electrons. The lowest BCUT2D eigenvalue weighted by atomic mass is 9.92. The van der Waals surface area contributed by atoms with Crippen LogP contribution in [-0.2, 0) is 9.53 Å². The Balaban J connectivity index is 2.26. The van der Waals surface area contributed by atoms with E-state index in [-0.39, 0.29) is 40.1 Å². The first kappa shape index (κ1) is 22.6. The van der Waals surface area contributed by atoms with Gasteiger partial charge >= 0.3 is 17.7 Å². The van der Waals surface area contributed by atoms with Crippen LogP contribution < -0.4 is 20.1 Å². The molecular weight excluding hydrogens is 418 g/mol. The minimum Gasteiger partial charge on any atom is -0.493 e. The number of nitro benzene ring substituents is 1. The average Bonchev–Trinajstić information content (AvgIpc) is 2.78. The van der Waals surface area contributed by atoms with Crippen LogP contribution in [0.15, 0.2) is 48.0 Å². The zero-order chi connectivity index (χ0) is 23.4. The number of hydrogen-bond acceptors (Lipinski definition) is 7. The number of rotatable bonds is 7. The maximum atomic E-state index is 12.8. The molecule has 2 aromatic rings. The van der Waals surface area contributed by atoms with E-state index in [1.54, 1.807) is 44.2 Å². The van der Waals surface area contributed by atoms with Crippen LogP contribution in [0.1, 0.15) is 31.0 Å². The summed E-state index contributed by atoms with van der Waals surface area (Å²) < 4.78 is 15.9. The van der Waals surface area contributed by atoms with Crippen molar-refractivity contribution in [3.8, 4) is 11.5 Å². The second-order valence-corrected chi connectivity index (χ2v) is 7.17. The highest BCUT2D eigenvalue weighted by atomic mass is 16.6. The fraction of sp³-hybridized carbons (Fsp3) is 0.273. The van der Waals surface area contributed by atoms with Gasteiger partial charge in [0.15, 0.2) is 5.75 Å². The first-order valence-electron chi connectivity index (χ1n) is 9.75. The highest BCUT2D eigenvalue weighted by Crippen LogP contribution is 2.42. The number of esters is 1. The van der Waals surface area contributed by atoms with Crippen molar-refractivity contribution in [2.45, 2.75) is 26.0 Å². The molecule has 1 atom stereocenters. The number of urea groups is 1. The molecule has 0 saturated heterocycles. The summed E-state index contributed by atoms with van der Waals surface area (Å²) >= 11 is 0. The first-order valence-corrected chi connectivity index (χ1v) is 9.75. The molecule has 0 aliphatic carbocycles. The van der Waals surface area contributed by atoms with E-state index >= 15 is 0 Å². The number of ether oxygens (including phenoxy) is 3. The summed E-state index contributed by atoms with van der Waals surface area (Å²) in [5, 5.41) is 17.1. The van der Waals surface area contributed by atoms with Gasteiger partial charge in [-0.05, 0) is 31.0 Å². The van der Waals surface area contributed by atoms with Crippen LogP contribution in [-0.4, -0.2) is 37.2 Å². The van der Waals surface area contributed by atoms with Crippen molar-refractivity contribution in [1.29, 1.82) is 0 Å². The van der Waals surface area contributed by atoms with Crippen molar-refractivity contribution in [3.63, 3.8) is 0 Å². The van der Waals surface area contributed by atoms with Crippen molar-refractivity contribution in [3.05, 3.63) is 69.3 Å². The van der Waals surface area contributed by atoms with Gasteiger partial charge in [0.2, 0.25) is 5.75 Å². The third kappa shape index (κ3) is 4.48. The Kier molecular flexibility index (Phi) is 6.62. The van der Waals surface area contributed by atoms with Crippen LogP contribution >= 0.6 is 0 Å². The number of nitrogens with zero attached hydrogens (tertiary/aromatic N) is 1. The standard InChI is InChI=1S/C22H23N3O7/c1-12(2)32-20-15(25(28)29)10-14(11-16(20)30-3)19-17(21(26)31-4)18(23-22(27)24-19)13-8-6-5-7-9-13/h5-12,19H,1-4H3,(H2,23,24,27). The molecule has 1 aliphatic heterocycles. The van der Waals surface area contributed by atoms with Crippen LogP contribution in [0.25, 0.3) is 5.70 Å². The Hall–Kier alpha value is -4.08. The number of amides is 2. The summed E-state index contributed by atoms with van der Waals surface area (Å²) in [6, 6.07) is 9.89. The number of carbonyl (C=O) groups excluding carboxylic acids is 2. The highest BCUT2D eigenvalue weighted by molar-refractivity contribution is 6.04. The third-order valence-electron chi connectivity index (χ3n) is 4.70. The third-order valence-corrected chi connectivity index (χ3v) is 4.70. The van der Waals surface area contributed by atoms with Crippen molar-refractivity contribution in [2.75, 3.05) is 14.2 Å². The molecule has 168 valence electrons. The van der Waals surface area contributed by atoms with E-state index in [9.17, 15) is 19.7 Å². The van der Waals surface area contributed by atoms with Crippen LogP contribution in [0, 0.1) is 10.1 Å². The van der Waals surface area contributed by atoms with Crippen molar-refractivity contribution in [2.24, 2.45) is 0 Å². The number of methoxy groups -OCH3 is 2. The molecule has 2 amide bonds. The first-order chi connectivity index (χ1) is 15.3. The summed E-state index contributed by atoms with van der Waals surface area (Å²) in [5.74, 6) is -0.643. The van der Waals surface area contributed by atoms with E-state index in [0.717, 1.165) is 0 Å². The van der Waals surface area contributed by atoms with Crippen LogP contribution in [0.3, 0.4) is 0 Å². The maximum absolute atomic E-state index is 12.8. The molecule has 1 unspecified atom stereocenters. The summed E-state index contributed by atoms with van der Waals surface area (Å²) in [6.45, 7) is 3.46. The van der Waals surface area contributed by atoms with Gasteiger partial charge in [-0.25, -0.2) is 9.59 Å². The normalized spacial score (nSPS) is 15.7. The second-order valence-electron chi connectivity index (χ2n) is 7.17. The zero-order valence-electron chi connectivity index (χ0n) is 18.0. The lowest BCUT2D eigenvalue weighted by Gasteiger charge is -2.29. The van der Waals surface area contributed by atoms with Gasteiger partial charge in [-0.15, -0.1) is 0 Å². The molecule has 0 aromatic heterocycles. The van der Waals surface area contributed by atoms with E-state index in [2.05, 4.69) is 10.6 Å². The molecule has 3 rings (SSSR count). The van der Waals surface area contributed by atoms with Crippen LogP contribution in [0.2, 0.25) is 0 Å². The number of benzene rings is 2. The van der Waals surface area contributed by atoms with Crippen molar-refractivity contribution in [1.82, 2.24) is 10.6 Å². The van der Waals surface area contributed by atoms with Gasteiger partial charge in [-0.1, -0.05) is 30.3 Å². The van der Waals surface area contributed by atoms with Crippen molar-refractivity contribution >= 4 is 23.4 Å². The lowest BCUT2D eigenvalue weighted by molar-refractivity contribution is -0.386. The smallest absolute Gasteiger partial charge is 0.338 e. The fourth-order valence-electron chi connectivity index (χ4n) is 3.39. The van der Waals surface area contributed by atoms with Gasteiger partial charge in [0.1, 0.15) is 0 Å². The molecule has 0 spiro atoms. The Morgan fingerprint density at radius 2 is 1.84 bits per heavy atom. The maximum Gasteiger partial charge on any atom is 0.338 e. The molecule has 10 heteroatoms. The molecule has 32 heavy (non-hydrogen) atoms. The van der Waals surface area contributed by atoms with Crippen LogP contribution in [0.5, 0.6) is 11.5 Å². The molecule has 2 aromatic carbocycles. The molecule has 0 fully saturated rings. The Morgan fingerprint density at radius 3 is 2.41 bits per heavy atom. The minimum atomic E-state index is -1.04. The minimum absolute atomic E-state index is 0.0385. The van der Waals surface area contributed by atoms with Gasteiger partial charge < -0.3 is 24.8 Å². The van der Waals surface area contributed by atoms with Gasteiger partial charge in [-0.3, -0.25) is 10.1 Å². The van der Waals surface area contributed by atoms with E-state index in [0.29, 0.717) is 5.56 Å². The zero-order valence-corrected chi connectivity index (χ0v) is 18.0. The summed E-state index contributed by atoms with van der Waals surface area (Å²) in [6.07, 6.45) is -0.345. The highest BCUT2D eigenvalue weighted by Gasteiger charge is 2.36. The van der Waals surface area contributed by atoms with E-state index in [4.69, 9.17) is 14.2 Å². The fourth-order valence-corrected chi connectivity index (χ4v) is 3.39. The molecule has 10 nitrogen and oxygen atoms in total. The van der Waals surface area contributed by atoms with Crippen molar-refractivity contribution < 1.29 is 28.7 Å². The quantitative estimate of drug-likeness (QED) is 0.383. The summed E-state index contributed by atoms with van der Waals surface area (Å²) in [4.78, 5) is 36.4. The monoisotopic (exact) mass is 441 g/mol. The number of carbonyl (C=O) groups is 2. The lowest BCUT2D eigenvalue weighted by Crippen LogP contribution is -2.45. The number of hydrogen-bond donors (Lipinski definition) is 2. The Morgan fingerprint density at radius 1 is 1.16 bits per heavy atom. The molecule has 1 heterocycles. The number of nitro groups is 1. The van der Waals surface area contributed by atoms with Gasteiger partial charge in [0.25, 0.3) is 0 Å². The van der Waals surface area contributed by atoms with Gasteiger partial charge in [-0.2, -0.15) is 0 Å². The average molecular weight is 441 g/mol. The molecule has 2 N–H and O–H groups in total. The van der Waals surface area contributed by atoms with E-state index in [1.165, 1.54) is 26.4 Å². The molecule has 0 bridgehead atoms. The molecular formula is C22H23N3O7. The summed E-state index contributed by atoms with van der Waals surface area (Å²) in [7, 11) is 2.57. The van der Waals surface area contributed by atoms with E-state index in [1.807, 2.05) is 0 Å². The van der Waals surface area contributed by atoms with E-state index < -0.39 is 23.0 Å².